The highest BCUT2D eigenvalue weighted by atomic mass is 31.2. The van der Waals surface area contributed by atoms with E-state index in [1.54, 1.807) is 0 Å². The number of phosphoric acid groups is 2. The summed E-state index contributed by atoms with van der Waals surface area (Å²) in [6, 6.07) is 0. The molecule has 0 fully saturated rings. The quantitative estimate of drug-likeness (QED) is 0.0169. The van der Waals surface area contributed by atoms with Crippen molar-refractivity contribution in [2.75, 3.05) is 39.6 Å². The van der Waals surface area contributed by atoms with Crippen molar-refractivity contribution in [3.63, 3.8) is 0 Å². The summed E-state index contributed by atoms with van der Waals surface area (Å²) in [5.74, 6) is -2.18. The Morgan fingerprint density at radius 3 is 0.862 bits per heavy atom. The number of ether oxygens (including phenoxy) is 4. The van der Waals surface area contributed by atoms with E-state index in [4.69, 9.17) is 37.0 Å². The Kier molecular flexibility index (Phi) is 66.4. The van der Waals surface area contributed by atoms with E-state index in [0.29, 0.717) is 25.7 Å². The van der Waals surface area contributed by atoms with Gasteiger partial charge in [-0.15, -0.1) is 0 Å². The van der Waals surface area contributed by atoms with Crippen molar-refractivity contribution in [3.05, 3.63) is 48.6 Å². The van der Waals surface area contributed by atoms with Crippen LogP contribution in [0.5, 0.6) is 0 Å². The van der Waals surface area contributed by atoms with Crippen LogP contribution >= 0.6 is 15.6 Å². The number of aliphatic hydroxyl groups excluding tert-OH is 1. The van der Waals surface area contributed by atoms with Crippen molar-refractivity contribution in [1.82, 2.24) is 0 Å². The van der Waals surface area contributed by atoms with Gasteiger partial charge in [-0.25, -0.2) is 9.13 Å². The maximum absolute atomic E-state index is 13.0. The summed E-state index contributed by atoms with van der Waals surface area (Å²) in [5, 5.41) is 10.6. The van der Waals surface area contributed by atoms with Gasteiger partial charge in [-0.05, 0) is 103 Å². The van der Waals surface area contributed by atoms with Gasteiger partial charge in [-0.2, -0.15) is 0 Å². The molecular formula is C75H138O17P2. The van der Waals surface area contributed by atoms with Crippen LogP contribution in [-0.4, -0.2) is 96.7 Å². The Morgan fingerprint density at radius 1 is 0.298 bits per heavy atom. The minimum Gasteiger partial charge on any atom is -0.462 e. The summed E-state index contributed by atoms with van der Waals surface area (Å²) in [6.45, 7) is 4.81. The number of aliphatic hydroxyl groups is 1. The summed E-state index contributed by atoms with van der Waals surface area (Å²) in [6.07, 6.45) is 63.9. The van der Waals surface area contributed by atoms with Gasteiger partial charge >= 0.3 is 39.5 Å². The second-order valence-electron chi connectivity index (χ2n) is 25.6. The molecule has 550 valence electrons. The zero-order chi connectivity index (χ0) is 69.0. The molecular weight excluding hydrogens is 1230 g/mol. The van der Waals surface area contributed by atoms with Crippen LogP contribution in [0, 0.1) is 0 Å². The minimum absolute atomic E-state index is 0.0862. The molecule has 0 aromatic carbocycles. The molecule has 0 aromatic rings. The first-order valence-electron chi connectivity index (χ1n) is 37.9. The molecule has 0 heterocycles. The third kappa shape index (κ3) is 67.6. The number of unbranched alkanes of at least 4 members (excludes halogenated alkanes) is 38. The second kappa shape index (κ2) is 68.5. The molecule has 3 N–H and O–H groups in total. The molecule has 5 unspecified atom stereocenters. The van der Waals surface area contributed by atoms with Crippen LogP contribution in [0.4, 0.5) is 0 Å². The fourth-order valence-electron chi connectivity index (χ4n) is 10.4. The van der Waals surface area contributed by atoms with Gasteiger partial charge in [-0.1, -0.05) is 269 Å². The molecule has 17 nitrogen and oxygen atoms in total. The maximum atomic E-state index is 13.0. The third-order valence-corrected chi connectivity index (χ3v) is 18.2. The first-order chi connectivity index (χ1) is 45.7. The van der Waals surface area contributed by atoms with Gasteiger partial charge in [0.15, 0.2) is 12.2 Å². The van der Waals surface area contributed by atoms with Crippen LogP contribution in [-0.2, 0) is 65.4 Å². The number of rotatable bonds is 72. The molecule has 0 aliphatic carbocycles. The fourth-order valence-corrected chi connectivity index (χ4v) is 12.0. The van der Waals surface area contributed by atoms with Gasteiger partial charge in [0.25, 0.3) is 0 Å². The first-order valence-corrected chi connectivity index (χ1v) is 40.9. The van der Waals surface area contributed by atoms with E-state index < -0.39 is 97.5 Å². The highest BCUT2D eigenvalue weighted by Gasteiger charge is 2.30. The summed E-state index contributed by atoms with van der Waals surface area (Å²) in [4.78, 5) is 72.7. The predicted octanol–water partition coefficient (Wildman–Crippen LogP) is 21.3. The Balaban J connectivity index is 5.29. The Morgan fingerprint density at radius 2 is 0.532 bits per heavy atom. The molecule has 94 heavy (non-hydrogen) atoms. The lowest BCUT2D eigenvalue weighted by atomic mass is 10.0. The molecule has 0 aromatic heterocycles. The Bertz CT molecular complexity index is 1980. The summed E-state index contributed by atoms with van der Waals surface area (Å²) in [7, 11) is -9.93. The zero-order valence-electron chi connectivity index (χ0n) is 59.9. The van der Waals surface area contributed by atoms with E-state index >= 15 is 0 Å². The molecule has 0 spiro atoms. The number of allylic oxidation sites excluding steroid dienone is 8. The molecule has 0 rings (SSSR count). The van der Waals surface area contributed by atoms with Crippen molar-refractivity contribution in [2.24, 2.45) is 0 Å². The lowest BCUT2D eigenvalue weighted by molar-refractivity contribution is -0.161. The first kappa shape index (κ1) is 91.0. The number of phosphoric ester groups is 2. The lowest BCUT2D eigenvalue weighted by Crippen LogP contribution is -2.30. The largest absolute Gasteiger partial charge is 0.472 e. The average Bonchev–Trinajstić information content (AvgIpc) is 2.22. The van der Waals surface area contributed by atoms with E-state index in [2.05, 4.69) is 76.3 Å². The van der Waals surface area contributed by atoms with Crippen LogP contribution in [0.3, 0.4) is 0 Å². The van der Waals surface area contributed by atoms with E-state index in [0.717, 1.165) is 141 Å². The molecule has 0 aliphatic heterocycles. The molecule has 0 aliphatic rings. The fraction of sp³-hybridized carbons (Fsp3) is 0.840. The van der Waals surface area contributed by atoms with Crippen LogP contribution in [0.15, 0.2) is 48.6 Å². The van der Waals surface area contributed by atoms with Crippen LogP contribution in [0.2, 0.25) is 0 Å². The number of carbonyl (C=O) groups is 4. The standard InChI is InChI=1S/C75H138O17P2/c1-5-9-13-17-21-25-29-32-34-37-40-43-47-51-55-59-72(77)85-65-70(91-74(79)61-57-53-49-45-39-28-24-20-16-12-8-4)67-89-93(81,82)87-63-69(76)64-88-94(83,84)90-68-71(92-75(80)62-58-54-50-46-42-36-31-27-23-19-15-11-7-3)66-86-73(78)60-56-52-48-44-41-38-35-33-30-26-22-18-14-10-6-2/h20,22,24,26-27,31,33,35,69-71,76H,5-19,21,23,25,28-30,32,34,36-68H2,1-4H3,(H,81,82)(H,83,84)/b24-20-,26-22-,31-27-,35-33-. The maximum Gasteiger partial charge on any atom is 0.472 e. The average molecular weight is 1370 g/mol. The number of carbonyl (C=O) groups excluding carboxylic acids is 4. The summed E-state index contributed by atoms with van der Waals surface area (Å²) < 4.78 is 68.4. The monoisotopic (exact) mass is 1370 g/mol. The molecule has 5 atom stereocenters. The number of hydrogen-bond donors (Lipinski definition) is 3. The normalized spacial score (nSPS) is 14.2. The van der Waals surface area contributed by atoms with Gasteiger partial charge in [0, 0.05) is 25.7 Å². The van der Waals surface area contributed by atoms with Crippen LogP contribution in [0.1, 0.15) is 349 Å². The van der Waals surface area contributed by atoms with E-state index in [1.807, 2.05) is 0 Å². The molecule has 19 heteroatoms. The second-order valence-corrected chi connectivity index (χ2v) is 28.5. The van der Waals surface area contributed by atoms with Crippen molar-refractivity contribution in [1.29, 1.82) is 0 Å². The topological polar surface area (TPSA) is 237 Å². The Labute approximate surface area is 572 Å². The highest BCUT2D eigenvalue weighted by molar-refractivity contribution is 7.47. The number of hydrogen-bond acceptors (Lipinski definition) is 15. The van der Waals surface area contributed by atoms with Gasteiger partial charge in [0.05, 0.1) is 26.4 Å². The van der Waals surface area contributed by atoms with Gasteiger partial charge in [0.2, 0.25) is 0 Å². The zero-order valence-corrected chi connectivity index (χ0v) is 61.7. The summed E-state index contributed by atoms with van der Waals surface area (Å²) >= 11 is 0. The molecule has 0 amide bonds. The third-order valence-electron chi connectivity index (χ3n) is 16.3. The van der Waals surface area contributed by atoms with Crippen molar-refractivity contribution in [2.45, 2.75) is 367 Å². The molecule has 0 saturated carbocycles. The molecule has 0 saturated heterocycles. The van der Waals surface area contributed by atoms with Crippen molar-refractivity contribution >= 4 is 39.5 Å². The van der Waals surface area contributed by atoms with E-state index in [1.165, 1.54) is 128 Å². The smallest absolute Gasteiger partial charge is 0.462 e. The van der Waals surface area contributed by atoms with Gasteiger partial charge in [-0.3, -0.25) is 37.3 Å². The minimum atomic E-state index is -4.97. The SMILES string of the molecule is CCCC/C=C\CCCCCCCC(=O)OC(COC(=O)CCCCCCCCCCCCCCCCC)COP(=O)(O)OCC(O)COP(=O)(O)OCC(COC(=O)CCCCCCC/C=C\C/C=C\CCCCC)OC(=O)CCCCCCC/C=C\CCCCCC. The van der Waals surface area contributed by atoms with Crippen molar-refractivity contribution < 1.29 is 80.2 Å². The van der Waals surface area contributed by atoms with Crippen molar-refractivity contribution in [3.8, 4) is 0 Å². The predicted molar refractivity (Wildman–Crippen MR) is 381 cm³/mol. The Hall–Kier alpha value is -2.98. The number of esters is 4. The van der Waals surface area contributed by atoms with Crippen LogP contribution in [0.25, 0.3) is 0 Å². The van der Waals surface area contributed by atoms with Gasteiger partial charge in [0.1, 0.15) is 19.3 Å². The van der Waals surface area contributed by atoms with E-state index in [-0.39, 0.29) is 25.7 Å². The van der Waals surface area contributed by atoms with Crippen LogP contribution < -0.4 is 0 Å². The highest BCUT2D eigenvalue weighted by Crippen LogP contribution is 2.45. The van der Waals surface area contributed by atoms with Gasteiger partial charge < -0.3 is 33.8 Å². The lowest BCUT2D eigenvalue weighted by Gasteiger charge is -2.21. The van der Waals surface area contributed by atoms with E-state index in [9.17, 15) is 43.2 Å². The molecule has 0 radical (unpaired) electrons. The summed E-state index contributed by atoms with van der Waals surface area (Å²) in [5.41, 5.74) is 0. The molecule has 0 bridgehead atoms.